The number of rotatable bonds is 32. The van der Waals surface area contributed by atoms with E-state index in [1.165, 1.54) is 0 Å². The first-order valence-corrected chi connectivity index (χ1v) is 27.3. The first-order valence-electron chi connectivity index (χ1n) is 27.3. The monoisotopic (exact) mass is 1230 g/mol. The number of ether oxygens (including phenoxy) is 1. The van der Waals surface area contributed by atoms with Gasteiger partial charge in [-0.2, -0.15) is 0 Å². The van der Waals surface area contributed by atoms with Gasteiger partial charge in [-0.3, -0.25) is 111 Å². The molecule has 15 amide bonds. The molecule has 4 atom stereocenters. The molecule has 0 saturated carbocycles. The van der Waals surface area contributed by atoms with Crippen molar-refractivity contribution >= 4 is 112 Å². The average molecular weight is 1230 g/mol. The Morgan fingerprint density at radius 3 is 1.14 bits per heavy atom. The summed E-state index contributed by atoms with van der Waals surface area (Å²) in [7, 11) is 0. The maximum atomic E-state index is 12.9. The van der Waals surface area contributed by atoms with Gasteiger partial charge in [0.25, 0.3) is 82.7 Å². The lowest BCUT2D eigenvalue weighted by atomic mass is 10.0. The molecule has 0 bridgehead atoms. The third kappa shape index (κ3) is 19.4. The van der Waals surface area contributed by atoms with Crippen LogP contribution >= 0.6 is 0 Å². The number of hydroxylamine groups is 2. The second kappa shape index (κ2) is 32.4. The number of carbonyl (C=O) groups excluding carboxylic acids is 17. The number of hydrogen-bond acceptors (Lipinski definition) is 23. The summed E-state index contributed by atoms with van der Waals surface area (Å²) in [6.45, 7) is -0.951. The van der Waals surface area contributed by atoms with Gasteiger partial charge in [0, 0.05) is 118 Å². The third-order valence-corrected chi connectivity index (χ3v) is 14.0. The maximum absolute atomic E-state index is 12.9. The van der Waals surface area contributed by atoms with Crippen LogP contribution in [-0.4, -0.2) is 227 Å². The van der Waals surface area contributed by atoms with Crippen molar-refractivity contribution in [3.63, 3.8) is 0 Å². The lowest BCUT2D eigenvalue weighted by molar-refractivity contribution is -0.197. The molecule has 1 saturated heterocycles. The molecule has 7 rings (SSSR count). The number of nitrogens with one attached hydrogen (secondary N) is 1. The number of nitrogens with zero attached hydrogens (tertiary/aromatic N) is 7. The van der Waals surface area contributed by atoms with Crippen LogP contribution in [0.1, 0.15) is 77.0 Å². The van der Waals surface area contributed by atoms with Crippen molar-refractivity contribution in [1.29, 1.82) is 0 Å². The van der Waals surface area contributed by atoms with E-state index in [9.17, 15) is 91.1 Å². The van der Waals surface area contributed by atoms with E-state index in [0.29, 0.717) is 24.6 Å². The van der Waals surface area contributed by atoms with E-state index in [1.807, 2.05) is 0 Å². The molecule has 0 aromatic carbocycles. The van der Waals surface area contributed by atoms with Gasteiger partial charge in [-0.05, 0) is 51.1 Å². The van der Waals surface area contributed by atoms with Crippen LogP contribution in [0.3, 0.4) is 0 Å². The van der Waals surface area contributed by atoms with Crippen molar-refractivity contribution in [3.05, 3.63) is 72.9 Å². The van der Waals surface area contributed by atoms with Crippen molar-refractivity contribution in [1.82, 2.24) is 39.8 Å². The van der Waals surface area contributed by atoms with Crippen LogP contribution in [0.15, 0.2) is 72.9 Å². The minimum absolute atomic E-state index is 0.0372. The molecule has 7 heterocycles. The number of imide groups is 7. The third-order valence-electron chi connectivity index (χ3n) is 14.0. The topological polar surface area (TPSA) is 470 Å². The first-order chi connectivity index (χ1) is 41.7. The molecule has 0 aromatic rings. The molecule has 0 aliphatic carbocycles. The van der Waals surface area contributed by atoms with E-state index in [1.54, 1.807) is 0 Å². The van der Waals surface area contributed by atoms with Crippen LogP contribution in [0.25, 0.3) is 0 Å². The fourth-order valence-corrected chi connectivity index (χ4v) is 9.26. The number of amides is 15. The Morgan fingerprint density at radius 1 is 0.443 bits per heavy atom. The normalized spacial score (nSPS) is 18.3. The van der Waals surface area contributed by atoms with Crippen molar-refractivity contribution < 1.29 is 111 Å². The quantitative estimate of drug-likeness (QED) is 0.0400. The molecular formula is C55H62N10O23. The summed E-state index contributed by atoms with van der Waals surface area (Å²) < 4.78 is 5.34. The van der Waals surface area contributed by atoms with Crippen molar-refractivity contribution in [2.45, 2.75) is 101 Å². The molecule has 470 valence electrons. The molecule has 33 heteroatoms. The highest BCUT2D eigenvalue weighted by atomic mass is 16.7. The first kappa shape index (κ1) is 68.6. The zero-order chi connectivity index (χ0) is 64.9. The van der Waals surface area contributed by atoms with E-state index in [2.05, 4.69) is 5.32 Å². The highest BCUT2D eigenvalue weighted by Gasteiger charge is 2.40. The lowest BCUT2D eigenvalue weighted by Crippen LogP contribution is -2.49. The van der Waals surface area contributed by atoms with Gasteiger partial charge in [0.15, 0.2) is 0 Å². The average Bonchev–Trinajstić information content (AvgIpc) is 3.93. The van der Waals surface area contributed by atoms with E-state index in [4.69, 9.17) is 31.3 Å². The molecule has 1 fully saturated rings. The van der Waals surface area contributed by atoms with E-state index in [-0.39, 0.29) is 109 Å². The predicted octanol–water partition coefficient (Wildman–Crippen LogP) is -4.10. The fourth-order valence-electron chi connectivity index (χ4n) is 9.26. The Balaban J connectivity index is 0.000000308. The number of aliphatic carboxylic acids is 2. The highest BCUT2D eigenvalue weighted by molar-refractivity contribution is 6.17. The summed E-state index contributed by atoms with van der Waals surface area (Å²) in [4.78, 5) is 237. The number of carbonyl (C=O) groups is 19. The van der Waals surface area contributed by atoms with Gasteiger partial charge in [-0.15, -0.1) is 5.06 Å². The SMILES string of the molecule is NCC(CN)CCC(=O)O.O=C(CCC(CN1C(=O)C=CC1=O)N1C(=O)C=CC1=O)ON1C(=O)CCC1=O.O=C(O)COC(CCC(=O)CCC(CN1C(=O)C=CC1=O)N1C(=O)C=CC1=O)CNC(=O)CCC(CN1C(=O)C=CC1=O)N1C(=O)C=CC1=O. The van der Waals surface area contributed by atoms with Gasteiger partial charge in [-0.1, -0.05) is 0 Å². The van der Waals surface area contributed by atoms with Crippen molar-refractivity contribution in [2.24, 2.45) is 17.4 Å². The fraction of sp³-hybridized carbons (Fsp3) is 0.436. The molecule has 4 unspecified atom stereocenters. The Kier molecular flexibility index (Phi) is 25.3. The van der Waals surface area contributed by atoms with Gasteiger partial charge in [0.05, 0.1) is 50.3 Å². The second-order valence-corrected chi connectivity index (χ2v) is 20.1. The lowest BCUT2D eigenvalue weighted by Gasteiger charge is -2.29. The van der Waals surface area contributed by atoms with Gasteiger partial charge in [0.2, 0.25) is 5.91 Å². The minimum atomic E-state index is -1.30. The summed E-state index contributed by atoms with van der Waals surface area (Å²) in [5.41, 5.74) is 10.6. The van der Waals surface area contributed by atoms with Crippen LogP contribution in [0, 0.1) is 5.92 Å². The number of carboxylic acid groups (broad SMARTS) is 2. The van der Waals surface area contributed by atoms with Crippen LogP contribution in [0.5, 0.6) is 0 Å². The van der Waals surface area contributed by atoms with Gasteiger partial charge >= 0.3 is 17.9 Å². The Labute approximate surface area is 499 Å². The molecule has 0 radical (unpaired) electrons. The highest BCUT2D eigenvalue weighted by Crippen LogP contribution is 2.22. The van der Waals surface area contributed by atoms with Crippen molar-refractivity contribution in [3.8, 4) is 0 Å². The number of Topliss-reactive ketones (excluding diaryl/α,β-unsaturated/α-hetero) is 1. The predicted molar refractivity (Wildman–Crippen MR) is 290 cm³/mol. The Hall–Kier alpha value is -10.2. The number of carboxylic acids is 2. The Bertz CT molecular complexity index is 2870. The molecule has 0 spiro atoms. The molecular weight excluding hydrogens is 1170 g/mol. The van der Waals surface area contributed by atoms with Crippen LogP contribution in [-0.2, 0) is 101 Å². The summed E-state index contributed by atoms with van der Waals surface area (Å²) in [5.74, 6) is -12.7. The largest absolute Gasteiger partial charge is 0.481 e. The van der Waals surface area contributed by atoms with E-state index in [0.717, 1.165) is 102 Å². The molecule has 0 aromatic heterocycles. The van der Waals surface area contributed by atoms with Gasteiger partial charge in [-0.25, -0.2) is 9.59 Å². The van der Waals surface area contributed by atoms with E-state index >= 15 is 0 Å². The standard InChI is InChI=1S/C32H33N5O13.C17H15N3O8.C6H14N2O2/c38-21(3-1-19(36-28(44)11-12-29(36)45)16-34-24(40)7-8-25(34)41)4-5-22(50-18-32(48)49)15-33-23(39)6-2-20(37-30(46)13-14-31(37)47)17-35-26(42)9-10-27(35)43;21-11-2-3-12(22)18(11)9-10(19-13(23)4-5-14(19)24)1-8-17(27)28-20-15(25)6-7-16(20)26;7-3-5(4-8)1-2-6(9)10/h7-14,19-20,22H,1-6,15-18H2,(H,33,39)(H,48,49);2-5,10H,1,6-9H2;5H,1-4,7-8H2,(H,9,10). The molecule has 33 nitrogen and oxygen atoms in total. The zero-order valence-corrected chi connectivity index (χ0v) is 47.0. The molecule has 7 aliphatic rings. The minimum Gasteiger partial charge on any atom is -0.481 e. The van der Waals surface area contributed by atoms with E-state index < -0.39 is 137 Å². The second-order valence-electron chi connectivity index (χ2n) is 20.1. The molecule has 88 heavy (non-hydrogen) atoms. The maximum Gasteiger partial charge on any atom is 0.333 e. The van der Waals surface area contributed by atoms with Crippen LogP contribution in [0.4, 0.5) is 0 Å². The molecule has 7 N–H and O–H groups in total. The Morgan fingerprint density at radius 2 is 0.784 bits per heavy atom. The number of nitrogens with two attached hydrogens (primary N) is 2. The number of hydrogen-bond donors (Lipinski definition) is 5. The summed E-state index contributed by atoms with van der Waals surface area (Å²) in [6.07, 6.45) is 10.9. The van der Waals surface area contributed by atoms with Crippen molar-refractivity contribution in [2.75, 3.05) is 45.9 Å². The zero-order valence-electron chi connectivity index (χ0n) is 47.0. The number of ketones is 1. The van der Waals surface area contributed by atoms with Crippen LogP contribution in [0.2, 0.25) is 0 Å². The van der Waals surface area contributed by atoms with Crippen LogP contribution < -0.4 is 16.8 Å². The van der Waals surface area contributed by atoms with Gasteiger partial charge in [0.1, 0.15) is 12.4 Å². The summed E-state index contributed by atoms with van der Waals surface area (Å²) >= 11 is 0. The summed E-state index contributed by atoms with van der Waals surface area (Å²) in [6, 6.07) is -2.96. The summed E-state index contributed by atoms with van der Waals surface area (Å²) in [5, 5.41) is 20.3. The van der Waals surface area contributed by atoms with Gasteiger partial charge < -0.3 is 36.6 Å². The molecule has 7 aliphatic heterocycles. The smallest absolute Gasteiger partial charge is 0.333 e.